The van der Waals surface area contributed by atoms with Crippen LogP contribution in [0.2, 0.25) is 0 Å². The average Bonchev–Trinajstić information content (AvgIpc) is 1.65. The third-order valence-electron chi connectivity index (χ3n) is 1.75. The Morgan fingerprint density at radius 2 is 1.33 bits per heavy atom. The Morgan fingerprint density at radius 1 is 1.11 bits per heavy atom. The van der Waals surface area contributed by atoms with Gasteiger partial charge in [0.2, 0.25) is 0 Å². The summed E-state index contributed by atoms with van der Waals surface area (Å²) in [5, 5.41) is 0. The SMILES string of the molecule is [CH2]P(=O)(C(C)C)C(C)C. The van der Waals surface area contributed by atoms with E-state index in [4.69, 9.17) is 0 Å². The van der Waals surface area contributed by atoms with Gasteiger partial charge in [-0.05, 0) is 0 Å². The molecule has 0 aliphatic heterocycles. The summed E-state index contributed by atoms with van der Waals surface area (Å²) in [6.45, 7) is 11.6. The summed E-state index contributed by atoms with van der Waals surface area (Å²) in [7, 11) is -2.09. The van der Waals surface area contributed by atoms with Crippen LogP contribution in [0.25, 0.3) is 0 Å². The maximum absolute atomic E-state index is 11.5. The Kier molecular flexibility index (Phi) is 2.95. The second-order valence-corrected chi connectivity index (χ2v) is 6.82. The molecular formula is C7H16OP. The van der Waals surface area contributed by atoms with Gasteiger partial charge in [0.25, 0.3) is 0 Å². The largest absolute Gasteiger partial charge is 0.323 e. The van der Waals surface area contributed by atoms with Gasteiger partial charge in [-0.25, -0.2) is 0 Å². The first kappa shape index (κ1) is 9.23. The molecule has 0 amide bonds. The molecule has 0 aromatic carbocycles. The molecule has 0 aliphatic carbocycles. The van der Waals surface area contributed by atoms with E-state index in [2.05, 4.69) is 6.66 Å². The van der Waals surface area contributed by atoms with Crippen LogP contribution in [-0.4, -0.2) is 11.3 Å². The molecule has 0 aromatic rings. The topological polar surface area (TPSA) is 17.1 Å². The summed E-state index contributed by atoms with van der Waals surface area (Å²) in [6.07, 6.45) is 0. The molecule has 0 saturated carbocycles. The predicted octanol–water partition coefficient (Wildman–Crippen LogP) is 2.96. The van der Waals surface area contributed by atoms with E-state index >= 15 is 0 Å². The fourth-order valence-corrected chi connectivity index (χ4v) is 1.79. The van der Waals surface area contributed by atoms with E-state index in [1.165, 1.54) is 0 Å². The van der Waals surface area contributed by atoms with Crippen LogP contribution in [-0.2, 0) is 4.57 Å². The second-order valence-electron chi connectivity index (χ2n) is 3.04. The quantitative estimate of drug-likeness (QED) is 0.549. The minimum absolute atomic E-state index is 0.234. The van der Waals surface area contributed by atoms with Crippen LogP contribution in [0.4, 0.5) is 0 Å². The van der Waals surface area contributed by atoms with E-state index < -0.39 is 7.14 Å². The van der Waals surface area contributed by atoms with Gasteiger partial charge >= 0.3 is 0 Å². The molecule has 0 N–H and O–H groups in total. The summed E-state index contributed by atoms with van der Waals surface area (Å²) in [6, 6.07) is 0. The van der Waals surface area contributed by atoms with Crippen LogP contribution in [0.15, 0.2) is 0 Å². The Bertz CT molecular complexity index is 115. The van der Waals surface area contributed by atoms with Crippen molar-refractivity contribution in [3.05, 3.63) is 6.66 Å². The lowest BCUT2D eigenvalue weighted by molar-refractivity contribution is 0.568. The summed E-state index contributed by atoms with van der Waals surface area (Å²) >= 11 is 0. The van der Waals surface area contributed by atoms with Gasteiger partial charge in [-0.3, -0.25) is 0 Å². The van der Waals surface area contributed by atoms with Gasteiger partial charge in [-0.15, -0.1) is 0 Å². The zero-order chi connectivity index (χ0) is 7.65. The van der Waals surface area contributed by atoms with Crippen molar-refractivity contribution in [1.82, 2.24) is 0 Å². The van der Waals surface area contributed by atoms with Gasteiger partial charge in [0.15, 0.2) is 0 Å². The standard InChI is InChI=1S/C7H16OP/c1-6(2)9(5,8)7(3)4/h6-7H,5H2,1-4H3. The van der Waals surface area contributed by atoms with Gasteiger partial charge < -0.3 is 4.57 Å². The highest BCUT2D eigenvalue weighted by Crippen LogP contribution is 2.52. The maximum Gasteiger partial charge on any atom is 0.0929 e. The minimum Gasteiger partial charge on any atom is -0.323 e. The van der Waals surface area contributed by atoms with Crippen molar-refractivity contribution in [1.29, 1.82) is 0 Å². The van der Waals surface area contributed by atoms with E-state index in [-0.39, 0.29) is 11.3 Å². The summed E-state index contributed by atoms with van der Waals surface area (Å²) in [5.74, 6) is 0. The molecule has 0 atom stereocenters. The smallest absolute Gasteiger partial charge is 0.0929 e. The van der Waals surface area contributed by atoms with Crippen molar-refractivity contribution < 1.29 is 4.57 Å². The first-order chi connectivity index (χ1) is 3.89. The van der Waals surface area contributed by atoms with Crippen LogP contribution in [0, 0.1) is 6.66 Å². The molecule has 1 radical (unpaired) electrons. The Labute approximate surface area is 58.2 Å². The molecule has 0 heterocycles. The van der Waals surface area contributed by atoms with E-state index in [9.17, 15) is 4.57 Å². The summed E-state index contributed by atoms with van der Waals surface area (Å²) < 4.78 is 11.5. The Morgan fingerprint density at radius 3 is 1.33 bits per heavy atom. The third kappa shape index (κ3) is 2.14. The van der Waals surface area contributed by atoms with Gasteiger partial charge in [0.1, 0.15) is 0 Å². The number of hydrogen-bond acceptors (Lipinski definition) is 1. The molecule has 0 spiro atoms. The van der Waals surface area contributed by atoms with Crippen molar-refractivity contribution >= 4 is 7.14 Å². The van der Waals surface area contributed by atoms with Gasteiger partial charge in [0, 0.05) is 18.0 Å². The molecule has 0 unspecified atom stereocenters. The monoisotopic (exact) mass is 147 g/mol. The van der Waals surface area contributed by atoms with Crippen LogP contribution >= 0.6 is 7.14 Å². The predicted molar refractivity (Wildman–Crippen MR) is 43.2 cm³/mol. The molecule has 0 bridgehead atoms. The molecule has 1 nitrogen and oxygen atoms in total. The van der Waals surface area contributed by atoms with Crippen molar-refractivity contribution in [2.24, 2.45) is 0 Å². The second kappa shape index (κ2) is 2.88. The molecule has 0 aliphatic rings. The van der Waals surface area contributed by atoms with Crippen LogP contribution in [0.1, 0.15) is 27.7 Å². The average molecular weight is 147 g/mol. The van der Waals surface area contributed by atoms with E-state index in [1.54, 1.807) is 0 Å². The molecule has 0 rings (SSSR count). The number of rotatable bonds is 2. The van der Waals surface area contributed by atoms with E-state index in [1.807, 2.05) is 27.7 Å². The highest BCUT2D eigenvalue weighted by molar-refractivity contribution is 7.66. The highest BCUT2D eigenvalue weighted by Gasteiger charge is 2.23. The van der Waals surface area contributed by atoms with Crippen LogP contribution in [0.3, 0.4) is 0 Å². The minimum atomic E-state index is -2.09. The molecule has 0 fully saturated rings. The van der Waals surface area contributed by atoms with E-state index in [0.717, 1.165) is 0 Å². The molecule has 55 valence electrons. The lowest BCUT2D eigenvalue weighted by Gasteiger charge is -2.20. The Hall–Kier alpha value is 0.230. The highest BCUT2D eigenvalue weighted by atomic mass is 31.2. The molecule has 2 heteroatoms. The fraction of sp³-hybridized carbons (Fsp3) is 0.857. The van der Waals surface area contributed by atoms with E-state index in [0.29, 0.717) is 0 Å². The summed E-state index contributed by atoms with van der Waals surface area (Å²) in [4.78, 5) is 0. The fourth-order valence-electron chi connectivity index (χ4n) is 0.596. The number of hydrogen-bond donors (Lipinski definition) is 0. The van der Waals surface area contributed by atoms with Crippen LogP contribution < -0.4 is 0 Å². The molecule has 0 aromatic heterocycles. The lowest BCUT2D eigenvalue weighted by atomic mass is 10.5. The van der Waals surface area contributed by atoms with Crippen molar-refractivity contribution in [3.8, 4) is 0 Å². The lowest BCUT2D eigenvalue weighted by Crippen LogP contribution is -2.04. The zero-order valence-electron chi connectivity index (χ0n) is 6.72. The molecular weight excluding hydrogens is 131 g/mol. The van der Waals surface area contributed by atoms with Gasteiger partial charge in [0.05, 0.1) is 7.14 Å². The molecule has 0 saturated heterocycles. The maximum atomic E-state index is 11.5. The van der Waals surface area contributed by atoms with Gasteiger partial charge in [-0.1, -0.05) is 27.7 Å². The summed E-state index contributed by atoms with van der Waals surface area (Å²) in [5.41, 5.74) is 0.468. The van der Waals surface area contributed by atoms with Gasteiger partial charge in [-0.2, -0.15) is 0 Å². The Balaban J connectivity index is 4.21. The van der Waals surface area contributed by atoms with Crippen molar-refractivity contribution in [2.75, 3.05) is 0 Å². The third-order valence-corrected chi connectivity index (χ3v) is 5.24. The van der Waals surface area contributed by atoms with Crippen molar-refractivity contribution in [3.63, 3.8) is 0 Å². The van der Waals surface area contributed by atoms with Crippen LogP contribution in [0.5, 0.6) is 0 Å². The normalized spacial score (nSPS) is 13.2. The van der Waals surface area contributed by atoms with Crippen molar-refractivity contribution in [2.45, 2.75) is 39.0 Å². The zero-order valence-corrected chi connectivity index (χ0v) is 7.61. The first-order valence-corrected chi connectivity index (χ1v) is 5.36. The first-order valence-electron chi connectivity index (χ1n) is 3.32. The molecule has 9 heavy (non-hydrogen) atoms.